The van der Waals surface area contributed by atoms with Gasteiger partial charge in [0.25, 0.3) is 0 Å². The number of ether oxygens (including phenoxy) is 3. The zero-order valence-electron chi connectivity index (χ0n) is 37.8. The quantitative estimate of drug-likeness (QED) is 0.0344. The van der Waals surface area contributed by atoms with Gasteiger partial charge in [-0.05, 0) is 12.8 Å². The number of quaternary nitrogens is 1. The average molecular weight is 796 g/mol. The normalized spacial score (nSPS) is 12.8. The van der Waals surface area contributed by atoms with Crippen molar-refractivity contribution in [2.45, 2.75) is 251 Å². The Morgan fingerprint density at radius 1 is 0.464 bits per heavy atom. The van der Waals surface area contributed by atoms with Crippen molar-refractivity contribution < 1.29 is 38.2 Å². The maximum absolute atomic E-state index is 12.7. The molecule has 0 spiro atoms. The Hall–Kier alpha value is -1.67. The summed E-state index contributed by atoms with van der Waals surface area (Å²) in [5, 5.41) is 11.6. The zero-order chi connectivity index (χ0) is 41.4. The number of carboxylic acid groups (broad SMARTS) is 1. The summed E-state index contributed by atoms with van der Waals surface area (Å²) >= 11 is 0. The lowest BCUT2D eigenvalue weighted by atomic mass is 10.0. The van der Waals surface area contributed by atoms with Crippen molar-refractivity contribution in [3.8, 4) is 0 Å². The topological polar surface area (TPSA) is 102 Å². The molecule has 0 amide bonds. The first-order valence-electron chi connectivity index (χ1n) is 24.1. The molecule has 0 radical (unpaired) electrons. The second-order valence-electron chi connectivity index (χ2n) is 17.7. The third-order valence-corrected chi connectivity index (χ3v) is 11.2. The Balaban J connectivity index is 4.24. The molecule has 0 aliphatic carbocycles. The molecular formula is C48H93NO7. The molecule has 8 nitrogen and oxygen atoms in total. The number of esters is 2. The van der Waals surface area contributed by atoms with E-state index in [4.69, 9.17) is 14.2 Å². The number of unbranched alkanes of at least 4 members (excludes halogenated alkanes) is 30. The number of aliphatic carboxylic acids is 1. The van der Waals surface area contributed by atoms with E-state index >= 15 is 0 Å². The molecule has 56 heavy (non-hydrogen) atoms. The molecule has 0 aliphatic rings. The molecule has 0 heterocycles. The van der Waals surface area contributed by atoms with E-state index in [1.54, 1.807) is 0 Å². The fraction of sp³-hybridized carbons (Fsp3) is 0.938. The minimum absolute atomic E-state index is 0.0495. The number of carboxylic acids is 1. The number of likely N-dealkylation sites (N-methyl/N-ethyl adjacent to an activating group) is 1. The van der Waals surface area contributed by atoms with Crippen LogP contribution in [0.5, 0.6) is 0 Å². The first-order valence-corrected chi connectivity index (χ1v) is 24.1. The Morgan fingerprint density at radius 3 is 1.11 bits per heavy atom. The van der Waals surface area contributed by atoms with Crippen molar-refractivity contribution >= 4 is 17.9 Å². The van der Waals surface area contributed by atoms with Crippen LogP contribution in [-0.2, 0) is 28.6 Å². The van der Waals surface area contributed by atoms with Gasteiger partial charge in [-0.3, -0.25) is 9.59 Å². The fourth-order valence-corrected chi connectivity index (χ4v) is 7.49. The first kappa shape index (κ1) is 54.3. The van der Waals surface area contributed by atoms with Crippen LogP contribution in [0.2, 0.25) is 0 Å². The summed E-state index contributed by atoms with van der Waals surface area (Å²) in [5.41, 5.74) is 0. The summed E-state index contributed by atoms with van der Waals surface area (Å²) in [6.45, 7) is 4.71. The van der Waals surface area contributed by atoms with E-state index in [0.717, 1.165) is 38.5 Å². The molecule has 0 fully saturated rings. The van der Waals surface area contributed by atoms with E-state index in [1.807, 2.05) is 21.1 Å². The Kier molecular flexibility index (Phi) is 38.9. The van der Waals surface area contributed by atoms with Gasteiger partial charge in [-0.1, -0.05) is 206 Å². The molecule has 0 saturated carbocycles. The van der Waals surface area contributed by atoms with Crippen molar-refractivity contribution in [2.75, 3.05) is 41.0 Å². The lowest BCUT2D eigenvalue weighted by molar-refractivity contribution is -0.889. The SMILES string of the molecule is CCCCCCCCCCCCCCCCCCC(=O)OCC(COCCC(C(=O)[O-])[N+](C)(C)C)OC(=O)CCCCCCCCCCCCCCCCCC. The summed E-state index contributed by atoms with van der Waals surface area (Å²) in [4.78, 5) is 36.9. The highest BCUT2D eigenvalue weighted by Crippen LogP contribution is 2.17. The maximum Gasteiger partial charge on any atom is 0.306 e. The number of carbonyl (C=O) groups excluding carboxylic acids is 3. The summed E-state index contributed by atoms with van der Waals surface area (Å²) in [6, 6.07) is -0.719. The summed E-state index contributed by atoms with van der Waals surface area (Å²) in [5.74, 6) is -1.71. The minimum Gasteiger partial charge on any atom is -0.544 e. The van der Waals surface area contributed by atoms with Crippen LogP contribution < -0.4 is 5.11 Å². The Bertz CT molecular complexity index is 889. The molecular weight excluding hydrogens is 703 g/mol. The zero-order valence-corrected chi connectivity index (χ0v) is 37.8. The molecule has 8 heteroatoms. The highest BCUT2D eigenvalue weighted by Gasteiger charge is 2.25. The molecule has 0 saturated heterocycles. The van der Waals surface area contributed by atoms with Crippen LogP contribution in [0.1, 0.15) is 239 Å². The molecule has 2 unspecified atom stereocenters. The number of nitrogens with zero attached hydrogens (tertiary/aromatic N) is 1. The number of carbonyl (C=O) groups is 3. The van der Waals surface area contributed by atoms with Gasteiger partial charge in [-0.15, -0.1) is 0 Å². The number of hydrogen-bond acceptors (Lipinski definition) is 7. The van der Waals surface area contributed by atoms with Gasteiger partial charge < -0.3 is 28.6 Å². The van der Waals surface area contributed by atoms with Crippen LogP contribution in [0.15, 0.2) is 0 Å². The Morgan fingerprint density at radius 2 is 0.786 bits per heavy atom. The Labute approximate surface area is 346 Å². The number of hydrogen-bond donors (Lipinski definition) is 0. The van der Waals surface area contributed by atoms with E-state index in [1.165, 1.54) is 167 Å². The molecule has 0 N–H and O–H groups in total. The monoisotopic (exact) mass is 796 g/mol. The van der Waals surface area contributed by atoms with Gasteiger partial charge in [0, 0.05) is 19.3 Å². The van der Waals surface area contributed by atoms with E-state index < -0.39 is 18.1 Å². The van der Waals surface area contributed by atoms with Crippen molar-refractivity contribution in [3.05, 3.63) is 0 Å². The molecule has 0 aromatic heterocycles. The molecule has 2 atom stereocenters. The molecule has 332 valence electrons. The van der Waals surface area contributed by atoms with Gasteiger partial charge in [0.05, 0.1) is 40.3 Å². The predicted molar refractivity (Wildman–Crippen MR) is 231 cm³/mol. The van der Waals surface area contributed by atoms with Crippen LogP contribution in [0, 0.1) is 0 Å². The van der Waals surface area contributed by atoms with Gasteiger partial charge in [0.15, 0.2) is 6.10 Å². The summed E-state index contributed by atoms with van der Waals surface area (Å²) in [6.07, 6.45) is 41.2. The third-order valence-electron chi connectivity index (χ3n) is 11.2. The minimum atomic E-state index is -1.12. The van der Waals surface area contributed by atoms with Gasteiger partial charge in [-0.25, -0.2) is 0 Å². The highest BCUT2D eigenvalue weighted by molar-refractivity contribution is 5.70. The fourth-order valence-electron chi connectivity index (χ4n) is 7.49. The average Bonchev–Trinajstić information content (AvgIpc) is 3.15. The smallest absolute Gasteiger partial charge is 0.306 e. The van der Waals surface area contributed by atoms with E-state index in [9.17, 15) is 19.5 Å². The van der Waals surface area contributed by atoms with E-state index in [-0.39, 0.29) is 42.7 Å². The third kappa shape index (κ3) is 37.9. The largest absolute Gasteiger partial charge is 0.544 e. The van der Waals surface area contributed by atoms with Gasteiger partial charge in [-0.2, -0.15) is 0 Å². The van der Waals surface area contributed by atoms with Crippen molar-refractivity contribution in [3.63, 3.8) is 0 Å². The summed E-state index contributed by atoms with van der Waals surface area (Å²) < 4.78 is 17.2. The van der Waals surface area contributed by atoms with Crippen molar-refractivity contribution in [2.24, 2.45) is 0 Å². The van der Waals surface area contributed by atoms with Crippen LogP contribution in [0.25, 0.3) is 0 Å². The molecule has 0 aliphatic heterocycles. The molecule has 0 rings (SSSR count). The van der Waals surface area contributed by atoms with Gasteiger partial charge in [0.1, 0.15) is 12.6 Å². The van der Waals surface area contributed by atoms with E-state index in [0.29, 0.717) is 12.8 Å². The predicted octanol–water partition coefficient (Wildman–Crippen LogP) is 12.0. The lowest BCUT2D eigenvalue weighted by Crippen LogP contribution is -2.55. The van der Waals surface area contributed by atoms with Crippen LogP contribution in [0.4, 0.5) is 0 Å². The van der Waals surface area contributed by atoms with Crippen LogP contribution in [-0.4, -0.2) is 75.5 Å². The first-order chi connectivity index (χ1) is 27.1. The summed E-state index contributed by atoms with van der Waals surface area (Å²) in [7, 11) is 5.42. The van der Waals surface area contributed by atoms with Crippen molar-refractivity contribution in [1.82, 2.24) is 0 Å². The van der Waals surface area contributed by atoms with Crippen molar-refractivity contribution in [1.29, 1.82) is 0 Å². The molecule has 0 bridgehead atoms. The van der Waals surface area contributed by atoms with Crippen LogP contribution in [0.3, 0.4) is 0 Å². The standard InChI is InChI=1S/C48H93NO7/c1-6-8-10-12-14-16-18-20-22-24-26-28-30-32-34-36-38-46(50)55-43-44(42-54-41-40-45(48(52)53)49(3,4)5)56-47(51)39-37-35-33-31-29-27-25-23-21-19-17-15-13-11-9-7-2/h44-45H,6-43H2,1-5H3. The number of rotatable bonds is 44. The molecule has 0 aromatic rings. The maximum atomic E-state index is 12.7. The van der Waals surface area contributed by atoms with Crippen LogP contribution >= 0.6 is 0 Å². The second-order valence-corrected chi connectivity index (χ2v) is 17.7. The van der Waals surface area contributed by atoms with Gasteiger partial charge >= 0.3 is 11.9 Å². The van der Waals surface area contributed by atoms with E-state index in [2.05, 4.69) is 13.8 Å². The second kappa shape index (κ2) is 40.1. The van der Waals surface area contributed by atoms with Gasteiger partial charge in [0.2, 0.25) is 0 Å². The highest BCUT2D eigenvalue weighted by atomic mass is 16.6. The molecule has 0 aromatic carbocycles. The lowest BCUT2D eigenvalue weighted by Gasteiger charge is -2.34.